The van der Waals surface area contributed by atoms with E-state index in [1.807, 2.05) is 0 Å². The molecule has 0 fully saturated rings. The third kappa shape index (κ3) is 4.91. The molecule has 1 aromatic carbocycles. The Morgan fingerprint density at radius 1 is 0.958 bits per heavy atom. The minimum Gasteiger partial charge on any atom is -0.484 e. The molecule has 7 heteroatoms. The van der Waals surface area contributed by atoms with E-state index >= 15 is 0 Å². The van der Waals surface area contributed by atoms with Crippen molar-refractivity contribution in [2.45, 2.75) is 13.3 Å². The number of nitrogens with one attached hydrogen (secondary N) is 2. The molecule has 1 heterocycles. The van der Waals surface area contributed by atoms with Crippen LogP contribution in [0, 0.1) is 0 Å². The zero-order valence-electron chi connectivity index (χ0n) is 13.1. The number of amides is 2. The van der Waals surface area contributed by atoms with Crippen LogP contribution in [0.4, 0.5) is 0 Å². The van der Waals surface area contributed by atoms with Crippen LogP contribution in [0.2, 0.25) is 0 Å². The Morgan fingerprint density at radius 2 is 1.62 bits per heavy atom. The lowest BCUT2D eigenvalue weighted by atomic mass is 10.1. The molecule has 7 nitrogen and oxygen atoms in total. The molecule has 0 spiro atoms. The second kappa shape index (κ2) is 8.42. The highest BCUT2D eigenvalue weighted by Crippen LogP contribution is 2.13. The molecule has 2 N–H and O–H groups in total. The summed E-state index contributed by atoms with van der Waals surface area (Å²) < 4.78 is 5.29. The minimum atomic E-state index is -0.508. The summed E-state index contributed by atoms with van der Waals surface area (Å²) in [5.74, 6) is -0.462. The molecule has 124 valence electrons. The van der Waals surface area contributed by atoms with E-state index in [4.69, 9.17) is 4.74 Å². The number of hydrazine groups is 1. The highest BCUT2D eigenvalue weighted by molar-refractivity contribution is 5.96. The number of ether oxygens (including phenoxy) is 1. The monoisotopic (exact) mass is 327 g/mol. The fraction of sp³-hybridized carbons (Fsp3) is 0.176. The summed E-state index contributed by atoms with van der Waals surface area (Å²) in [5.41, 5.74) is 5.50. The van der Waals surface area contributed by atoms with Crippen LogP contribution in [-0.4, -0.2) is 29.2 Å². The molecule has 1 aromatic heterocycles. The number of aromatic nitrogens is 1. The first-order valence-corrected chi connectivity index (χ1v) is 7.35. The highest BCUT2D eigenvalue weighted by atomic mass is 16.5. The molecule has 0 radical (unpaired) electrons. The number of hydrogen-bond acceptors (Lipinski definition) is 5. The molecule has 0 atom stereocenters. The molecule has 0 aliphatic heterocycles. The quantitative estimate of drug-likeness (QED) is 0.619. The van der Waals surface area contributed by atoms with Gasteiger partial charge in [0.25, 0.3) is 11.8 Å². The van der Waals surface area contributed by atoms with Crippen molar-refractivity contribution in [3.05, 3.63) is 59.9 Å². The summed E-state index contributed by atoms with van der Waals surface area (Å²) in [6.45, 7) is 1.52. The van der Waals surface area contributed by atoms with Gasteiger partial charge in [-0.15, -0.1) is 0 Å². The Morgan fingerprint density at radius 3 is 2.25 bits per heavy atom. The molecule has 0 aliphatic rings. The van der Waals surface area contributed by atoms with Gasteiger partial charge in [-0.2, -0.15) is 0 Å². The van der Waals surface area contributed by atoms with E-state index in [2.05, 4.69) is 15.8 Å². The predicted octanol–water partition coefficient (Wildman–Crippen LogP) is 1.51. The van der Waals surface area contributed by atoms with Crippen LogP contribution in [0.5, 0.6) is 5.75 Å². The van der Waals surface area contributed by atoms with Crippen LogP contribution < -0.4 is 15.6 Å². The first-order chi connectivity index (χ1) is 11.6. The van der Waals surface area contributed by atoms with Crippen LogP contribution in [-0.2, 0) is 4.79 Å². The minimum absolute atomic E-state index is 0.0399. The summed E-state index contributed by atoms with van der Waals surface area (Å²) in [4.78, 5) is 38.7. The van der Waals surface area contributed by atoms with Gasteiger partial charge in [-0.3, -0.25) is 30.2 Å². The Bertz CT molecular complexity index is 714. The van der Waals surface area contributed by atoms with Crippen molar-refractivity contribution in [3.8, 4) is 5.75 Å². The Balaban J connectivity index is 1.77. The fourth-order valence-corrected chi connectivity index (χ4v) is 1.83. The van der Waals surface area contributed by atoms with Gasteiger partial charge >= 0.3 is 0 Å². The smallest absolute Gasteiger partial charge is 0.276 e. The van der Waals surface area contributed by atoms with Crippen molar-refractivity contribution in [1.29, 1.82) is 0 Å². The predicted molar refractivity (Wildman–Crippen MR) is 86.4 cm³/mol. The van der Waals surface area contributed by atoms with E-state index in [-0.39, 0.29) is 12.4 Å². The maximum absolute atomic E-state index is 11.7. The number of carbonyl (C=O) groups excluding carboxylic acids is 3. The van der Waals surface area contributed by atoms with Crippen LogP contribution in [0.1, 0.15) is 34.1 Å². The number of benzene rings is 1. The summed E-state index contributed by atoms with van der Waals surface area (Å²) in [5, 5.41) is 0. The van der Waals surface area contributed by atoms with Gasteiger partial charge in [-0.1, -0.05) is 6.92 Å². The maximum Gasteiger partial charge on any atom is 0.276 e. The number of Topliss-reactive ketones (excluding diaryl/α,β-unsaturated/α-hetero) is 1. The van der Waals surface area contributed by atoms with Gasteiger partial charge in [0.2, 0.25) is 0 Å². The lowest BCUT2D eigenvalue weighted by Crippen LogP contribution is -2.43. The van der Waals surface area contributed by atoms with E-state index in [1.54, 1.807) is 31.2 Å². The first-order valence-electron chi connectivity index (χ1n) is 7.35. The molecule has 2 amide bonds. The van der Waals surface area contributed by atoms with Crippen molar-refractivity contribution in [2.75, 3.05) is 6.61 Å². The van der Waals surface area contributed by atoms with Crippen LogP contribution in [0.3, 0.4) is 0 Å². The molecule has 0 saturated carbocycles. The van der Waals surface area contributed by atoms with Gasteiger partial charge in [0.05, 0.1) is 0 Å². The Hall–Kier alpha value is -3.22. The van der Waals surface area contributed by atoms with Gasteiger partial charge in [-0.25, -0.2) is 0 Å². The molecular weight excluding hydrogens is 310 g/mol. The third-order valence-electron chi connectivity index (χ3n) is 3.13. The SMILES string of the molecule is CCC(=O)c1ccc(OCC(=O)NNC(=O)c2ccncc2)cc1. The topological polar surface area (TPSA) is 97.4 Å². The second-order valence-electron chi connectivity index (χ2n) is 4.83. The van der Waals surface area contributed by atoms with Gasteiger partial charge in [0.1, 0.15) is 5.75 Å². The van der Waals surface area contributed by atoms with Crippen LogP contribution in [0.25, 0.3) is 0 Å². The normalized spacial score (nSPS) is 9.88. The molecule has 0 aliphatic carbocycles. The van der Waals surface area contributed by atoms with E-state index < -0.39 is 11.8 Å². The summed E-state index contributed by atoms with van der Waals surface area (Å²) >= 11 is 0. The number of ketones is 1. The molecule has 24 heavy (non-hydrogen) atoms. The zero-order chi connectivity index (χ0) is 17.4. The maximum atomic E-state index is 11.7. The number of nitrogens with zero attached hydrogens (tertiary/aromatic N) is 1. The molecule has 0 saturated heterocycles. The van der Waals surface area contributed by atoms with Crippen molar-refractivity contribution in [1.82, 2.24) is 15.8 Å². The van der Waals surface area contributed by atoms with Crippen molar-refractivity contribution in [2.24, 2.45) is 0 Å². The zero-order valence-corrected chi connectivity index (χ0v) is 13.1. The largest absolute Gasteiger partial charge is 0.484 e. The lowest BCUT2D eigenvalue weighted by Gasteiger charge is -2.09. The molecule has 2 aromatic rings. The highest BCUT2D eigenvalue weighted by Gasteiger charge is 2.08. The van der Waals surface area contributed by atoms with Crippen LogP contribution in [0.15, 0.2) is 48.8 Å². The molecule has 0 bridgehead atoms. The molecule has 0 unspecified atom stereocenters. The molecular formula is C17H17N3O4. The second-order valence-corrected chi connectivity index (χ2v) is 4.83. The average molecular weight is 327 g/mol. The van der Waals surface area contributed by atoms with Crippen molar-refractivity contribution >= 4 is 17.6 Å². The van der Waals surface area contributed by atoms with Gasteiger partial charge < -0.3 is 4.74 Å². The Kier molecular flexibility index (Phi) is 6.01. The van der Waals surface area contributed by atoms with Gasteiger partial charge in [-0.05, 0) is 36.4 Å². The first kappa shape index (κ1) is 17.1. The summed E-state index contributed by atoms with van der Waals surface area (Å²) in [6.07, 6.45) is 3.39. The lowest BCUT2D eigenvalue weighted by molar-refractivity contribution is -0.123. The average Bonchev–Trinajstić information content (AvgIpc) is 2.64. The van der Waals surface area contributed by atoms with E-state index in [9.17, 15) is 14.4 Å². The van der Waals surface area contributed by atoms with E-state index in [1.165, 1.54) is 24.5 Å². The number of pyridine rings is 1. The standard InChI is InChI=1S/C17H17N3O4/c1-2-15(21)12-3-5-14(6-4-12)24-11-16(22)19-20-17(23)13-7-9-18-10-8-13/h3-10H,2,11H2,1H3,(H,19,22)(H,20,23). The van der Waals surface area contributed by atoms with Gasteiger partial charge in [0.15, 0.2) is 12.4 Å². The number of rotatable bonds is 6. The van der Waals surface area contributed by atoms with Crippen molar-refractivity contribution in [3.63, 3.8) is 0 Å². The number of hydrogen-bond donors (Lipinski definition) is 2. The van der Waals surface area contributed by atoms with Crippen molar-refractivity contribution < 1.29 is 19.1 Å². The summed E-state index contributed by atoms with van der Waals surface area (Å²) in [6, 6.07) is 9.57. The van der Waals surface area contributed by atoms with Crippen LogP contribution >= 0.6 is 0 Å². The Labute approximate surface area is 139 Å². The fourth-order valence-electron chi connectivity index (χ4n) is 1.83. The third-order valence-corrected chi connectivity index (χ3v) is 3.13. The van der Waals surface area contributed by atoms with E-state index in [0.29, 0.717) is 23.3 Å². The number of carbonyl (C=O) groups is 3. The molecule has 2 rings (SSSR count). The van der Waals surface area contributed by atoms with E-state index in [0.717, 1.165) is 0 Å². The summed E-state index contributed by atoms with van der Waals surface area (Å²) in [7, 11) is 0. The van der Waals surface area contributed by atoms with Gasteiger partial charge in [0, 0.05) is 29.9 Å².